The van der Waals surface area contributed by atoms with E-state index < -0.39 is 0 Å². The molecule has 0 fully saturated rings. The van der Waals surface area contributed by atoms with Crippen molar-refractivity contribution in [1.82, 2.24) is 15.5 Å². The van der Waals surface area contributed by atoms with Gasteiger partial charge in [0.1, 0.15) is 0 Å². The van der Waals surface area contributed by atoms with E-state index >= 15 is 0 Å². The van der Waals surface area contributed by atoms with E-state index in [1.54, 1.807) is 7.11 Å². The molecule has 0 aliphatic rings. The molecule has 132 valence electrons. The normalized spacial score (nSPS) is 11.2. The van der Waals surface area contributed by atoms with Gasteiger partial charge in [0.05, 0.1) is 6.54 Å². The lowest BCUT2D eigenvalue weighted by Crippen LogP contribution is -2.39. The molecule has 0 atom stereocenters. The summed E-state index contributed by atoms with van der Waals surface area (Å²) in [5.41, 5.74) is 0. The minimum atomic E-state index is 0. The number of ether oxygens (including phenoxy) is 1. The van der Waals surface area contributed by atoms with Gasteiger partial charge in [-0.2, -0.15) is 11.8 Å². The highest BCUT2D eigenvalue weighted by atomic mass is 127. The lowest BCUT2D eigenvalue weighted by molar-refractivity contribution is 0.180. The van der Waals surface area contributed by atoms with Gasteiger partial charge in [0.15, 0.2) is 5.96 Å². The fraction of sp³-hybridized carbons (Fsp3) is 0.800. The van der Waals surface area contributed by atoms with E-state index in [9.17, 15) is 0 Å². The molecule has 0 rings (SSSR count). The van der Waals surface area contributed by atoms with E-state index in [-0.39, 0.29) is 24.0 Å². The monoisotopic (exact) mass is 444 g/mol. The van der Waals surface area contributed by atoms with Gasteiger partial charge >= 0.3 is 0 Å². The molecule has 0 aliphatic carbocycles. The Bertz CT molecular complexity index is 280. The highest BCUT2D eigenvalue weighted by Crippen LogP contribution is 1.96. The Morgan fingerprint density at radius 2 is 2.14 bits per heavy atom. The van der Waals surface area contributed by atoms with E-state index in [1.165, 1.54) is 0 Å². The topological polar surface area (TPSA) is 48.9 Å². The zero-order valence-corrected chi connectivity index (χ0v) is 17.4. The fourth-order valence-corrected chi connectivity index (χ4v) is 2.25. The average Bonchev–Trinajstić information content (AvgIpc) is 2.47. The Morgan fingerprint density at radius 1 is 1.36 bits per heavy atom. The first kappa shape index (κ1) is 24.3. The predicted octanol–water partition coefficient (Wildman–Crippen LogP) is 2.05. The quantitative estimate of drug-likeness (QED) is 0.150. The van der Waals surface area contributed by atoms with Crippen molar-refractivity contribution in [1.29, 1.82) is 0 Å². The number of hydrogen-bond donors (Lipinski definition) is 2. The molecule has 0 bridgehead atoms. The molecule has 0 aromatic heterocycles. The van der Waals surface area contributed by atoms with Crippen LogP contribution in [0.2, 0.25) is 0 Å². The molecule has 0 aromatic rings. The summed E-state index contributed by atoms with van der Waals surface area (Å²) in [6.07, 6.45) is 3.00. The standard InChI is InChI=1S/C15H32N4OS.HI/c1-5-13-21-14-9-18-15(16-6-2)17-8-11-19(3)10-7-12-20-4;/h5H,1,6-14H2,2-4H3,(H2,16,17,18);1H. The average molecular weight is 444 g/mol. The largest absolute Gasteiger partial charge is 0.385 e. The van der Waals surface area contributed by atoms with Gasteiger partial charge in [-0.25, -0.2) is 0 Å². The predicted molar refractivity (Wildman–Crippen MR) is 111 cm³/mol. The van der Waals surface area contributed by atoms with Gasteiger partial charge in [0, 0.05) is 51.4 Å². The molecule has 22 heavy (non-hydrogen) atoms. The highest BCUT2D eigenvalue weighted by molar-refractivity contribution is 14.0. The summed E-state index contributed by atoms with van der Waals surface area (Å²) in [6, 6.07) is 0. The zero-order chi connectivity index (χ0) is 15.8. The SMILES string of the molecule is C=CCSCCNC(=NCCN(C)CCCOC)NCC.I. The minimum absolute atomic E-state index is 0. The molecule has 0 radical (unpaired) electrons. The van der Waals surface area contributed by atoms with Crippen LogP contribution < -0.4 is 10.6 Å². The van der Waals surface area contributed by atoms with Gasteiger partial charge in [0.2, 0.25) is 0 Å². The summed E-state index contributed by atoms with van der Waals surface area (Å²) >= 11 is 1.87. The van der Waals surface area contributed by atoms with Crippen molar-refractivity contribution < 1.29 is 4.74 Å². The number of halogens is 1. The van der Waals surface area contributed by atoms with Crippen LogP contribution in [0.4, 0.5) is 0 Å². The van der Waals surface area contributed by atoms with Crippen LogP contribution in [0.25, 0.3) is 0 Å². The summed E-state index contributed by atoms with van der Waals surface area (Å²) in [6.45, 7) is 11.2. The molecule has 0 unspecified atom stereocenters. The van der Waals surface area contributed by atoms with Crippen molar-refractivity contribution in [2.45, 2.75) is 13.3 Å². The molecule has 0 aliphatic heterocycles. The maximum absolute atomic E-state index is 5.06. The van der Waals surface area contributed by atoms with Crippen molar-refractivity contribution >= 4 is 41.7 Å². The Labute approximate surface area is 157 Å². The van der Waals surface area contributed by atoms with E-state index in [1.807, 2.05) is 17.8 Å². The molecule has 0 spiro atoms. The molecular formula is C15H33IN4OS. The number of methoxy groups -OCH3 is 1. The summed E-state index contributed by atoms with van der Waals surface area (Å²) in [5.74, 6) is 2.97. The van der Waals surface area contributed by atoms with Crippen LogP contribution in [-0.4, -0.2) is 75.9 Å². The first-order valence-corrected chi connectivity index (χ1v) is 8.78. The van der Waals surface area contributed by atoms with E-state index in [0.29, 0.717) is 0 Å². The third-order valence-electron chi connectivity index (χ3n) is 2.76. The van der Waals surface area contributed by atoms with E-state index in [0.717, 1.165) is 63.2 Å². The molecular weight excluding hydrogens is 411 g/mol. The van der Waals surface area contributed by atoms with Crippen LogP contribution in [0.15, 0.2) is 17.6 Å². The maximum Gasteiger partial charge on any atom is 0.191 e. The van der Waals surface area contributed by atoms with Gasteiger partial charge in [-0.15, -0.1) is 30.6 Å². The number of nitrogens with one attached hydrogen (secondary N) is 2. The lowest BCUT2D eigenvalue weighted by atomic mass is 10.4. The van der Waals surface area contributed by atoms with Crippen LogP contribution in [0.3, 0.4) is 0 Å². The van der Waals surface area contributed by atoms with Gasteiger partial charge in [-0.1, -0.05) is 6.08 Å². The van der Waals surface area contributed by atoms with E-state index in [4.69, 9.17) is 4.74 Å². The third-order valence-corrected chi connectivity index (χ3v) is 3.72. The molecule has 0 saturated carbocycles. The maximum atomic E-state index is 5.06. The van der Waals surface area contributed by atoms with Gasteiger partial charge < -0.3 is 20.3 Å². The lowest BCUT2D eigenvalue weighted by Gasteiger charge is -2.16. The van der Waals surface area contributed by atoms with Crippen LogP contribution in [0.5, 0.6) is 0 Å². The minimum Gasteiger partial charge on any atom is -0.385 e. The van der Waals surface area contributed by atoms with Crippen molar-refractivity contribution in [3.8, 4) is 0 Å². The molecule has 0 aromatic carbocycles. The molecule has 0 saturated heterocycles. The summed E-state index contributed by atoms with van der Waals surface area (Å²) < 4.78 is 5.06. The number of hydrogen-bond acceptors (Lipinski definition) is 4. The number of aliphatic imine (C=N–C) groups is 1. The summed E-state index contributed by atoms with van der Waals surface area (Å²) in [7, 11) is 3.86. The Hall–Kier alpha value is 0.0100. The van der Waals surface area contributed by atoms with Crippen molar-refractivity contribution in [2.24, 2.45) is 4.99 Å². The first-order valence-electron chi connectivity index (χ1n) is 7.62. The van der Waals surface area contributed by atoms with E-state index in [2.05, 4.69) is 41.1 Å². The van der Waals surface area contributed by atoms with Crippen LogP contribution in [0.1, 0.15) is 13.3 Å². The third kappa shape index (κ3) is 16.4. The number of nitrogens with zero attached hydrogens (tertiary/aromatic N) is 2. The molecule has 7 heteroatoms. The van der Waals surface area contributed by atoms with Crippen molar-refractivity contribution in [2.75, 3.05) is 65.0 Å². The summed E-state index contributed by atoms with van der Waals surface area (Å²) in [5, 5.41) is 6.62. The van der Waals surface area contributed by atoms with Crippen molar-refractivity contribution in [3.63, 3.8) is 0 Å². The van der Waals surface area contributed by atoms with Crippen LogP contribution in [-0.2, 0) is 4.74 Å². The number of guanidine groups is 1. The Balaban J connectivity index is 0. The first-order chi connectivity index (χ1) is 10.2. The van der Waals surface area contributed by atoms with Crippen molar-refractivity contribution in [3.05, 3.63) is 12.7 Å². The molecule has 5 nitrogen and oxygen atoms in total. The smallest absolute Gasteiger partial charge is 0.191 e. The number of rotatable bonds is 13. The number of thioether (sulfide) groups is 1. The van der Waals surface area contributed by atoms with Crippen LogP contribution >= 0.6 is 35.7 Å². The van der Waals surface area contributed by atoms with Gasteiger partial charge in [0.25, 0.3) is 0 Å². The van der Waals surface area contributed by atoms with Gasteiger partial charge in [-0.05, 0) is 20.4 Å². The zero-order valence-electron chi connectivity index (χ0n) is 14.3. The molecule has 0 heterocycles. The fourth-order valence-electron chi connectivity index (χ4n) is 1.67. The summed E-state index contributed by atoms with van der Waals surface area (Å²) in [4.78, 5) is 6.88. The van der Waals surface area contributed by atoms with Crippen LogP contribution in [0, 0.1) is 0 Å². The Morgan fingerprint density at radius 3 is 2.77 bits per heavy atom. The second kappa shape index (κ2) is 19.1. The Kier molecular flexibility index (Phi) is 21.0. The molecule has 2 N–H and O–H groups in total. The van der Waals surface area contributed by atoms with Gasteiger partial charge in [-0.3, -0.25) is 4.99 Å². The highest BCUT2D eigenvalue weighted by Gasteiger charge is 1.99. The number of likely N-dealkylation sites (N-methyl/N-ethyl adjacent to an activating group) is 1. The second-order valence-electron chi connectivity index (χ2n) is 4.70. The second-order valence-corrected chi connectivity index (χ2v) is 5.85. The molecule has 0 amide bonds.